The van der Waals surface area contributed by atoms with Crippen LogP contribution >= 0.6 is 0 Å². The van der Waals surface area contributed by atoms with Gasteiger partial charge in [-0.2, -0.15) is 0 Å². The van der Waals surface area contributed by atoms with Crippen LogP contribution in [-0.4, -0.2) is 10.9 Å². The number of ketones is 1. The minimum absolute atomic E-state index is 0.208. The summed E-state index contributed by atoms with van der Waals surface area (Å²) in [6, 6.07) is 20.5. The van der Waals surface area contributed by atoms with E-state index in [1.54, 1.807) is 18.2 Å². The lowest BCUT2D eigenvalue weighted by Gasteiger charge is -2.10. The van der Waals surface area contributed by atoms with E-state index >= 15 is 0 Å². The lowest BCUT2D eigenvalue weighted by atomic mass is 10.1. The number of benzene rings is 2. The van der Waals surface area contributed by atoms with Crippen molar-refractivity contribution in [2.24, 2.45) is 0 Å². The number of carbonyl (C=O) groups excluding carboxylic acids is 1. The smallest absolute Gasteiger partial charge is 0.230 e. The standard InChI is InChI=1S/C19H17NO3/c21-13-15-10-11-18(23-15)19(22)16-8-4-5-9-17(16)20-12-14-6-2-1-3-7-14/h1-11,20-21H,12-13H2. The van der Waals surface area contributed by atoms with Gasteiger partial charge >= 0.3 is 0 Å². The van der Waals surface area contributed by atoms with E-state index < -0.39 is 0 Å². The number of nitrogens with one attached hydrogen (secondary N) is 1. The second-order valence-corrected chi connectivity index (χ2v) is 5.14. The van der Waals surface area contributed by atoms with Gasteiger partial charge in [0.1, 0.15) is 12.4 Å². The van der Waals surface area contributed by atoms with Crippen LogP contribution in [0.3, 0.4) is 0 Å². The second kappa shape index (κ2) is 6.94. The van der Waals surface area contributed by atoms with Gasteiger partial charge in [0, 0.05) is 17.8 Å². The number of carbonyl (C=O) groups is 1. The predicted octanol–water partition coefficient (Wildman–Crippen LogP) is 3.62. The number of rotatable bonds is 6. The summed E-state index contributed by atoms with van der Waals surface area (Å²) in [5.41, 5.74) is 2.43. The van der Waals surface area contributed by atoms with Crippen LogP contribution in [0.15, 0.2) is 71.1 Å². The van der Waals surface area contributed by atoms with E-state index in [0.717, 1.165) is 11.3 Å². The molecule has 3 rings (SSSR count). The molecule has 0 aliphatic carbocycles. The fourth-order valence-corrected chi connectivity index (χ4v) is 2.35. The highest BCUT2D eigenvalue weighted by molar-refractivity contribution is 6.10. The molecular weight excluding hydrogens is 290 g/mol. The Morgan fingerprint density at radius 1 is 0.957 bits per heavy atom. The van der Waals surface area contributed by atoms with Gasteiger partial charge in [-0.25, -0.2) is 0 Å². The Balaban J connectivity index is 1.81. The van der Waals surface area contributed by atoms with E-state index in [1.165, 1.54) is 0 Å². The maximum Gasteiger partial charge on any atom is 0.230 e. The van der Waals surface area contributed by atoms with Crippen LogP contribution in [0.2, 0.25) is 0 Å². The summed E-state index contributed by atoms with van der Waals surface area (Å²) in [6.45, 7) is 0.409. The van der Waals surface area contributed by atoms with E-state index in [0.29, 0.717) is 17.9 Å². The Hall–Kier alpha value is -2.85. The summed E-state index contributed by atoms with van der Waals surface area (Å²) in [5.74, 6) is 0.395. The van der Waals surface area contributed by atoms with Crippen molar-refractivity contribution in [2.75, 3.05) is 5.32 Å². The number of aliphatic hydroxyl groups is 1. The molecule has 0 bridgehead atoms. The Labute approximate surface area is 134 Å². The van der Waals surface area contributed by atoms with E-state index in [2.05, 4.69) is 5.32 Å². The quantitative estimate of drug-likeness (QED) is 0.683. The zero-order valence-corrected chi connectivity index (χ0v) is 12.5. The van der Waals surface area contributed by atoms with Crippen molar-refractivity contribution in [3.63, 3.8) is 0 Å². The first kappa shape index (κ1) is 15.1. The minimum atomic E-state index is -0.221. The molecule has 0 spiro atoms. The Kier molecular flexibility index (Phi) is 4.54. The Morgan fingerprint density at radius 2 is 1.70 bits per heavy atom. The van der Waals surface area contributed by atoms with Gasteiger partial charge < -0.3 is 14.8 Å². The first-order valence-electron chi connectivity index (χ1n) is 7.39. The molecule has 1 aromatic heterocycles. The molecule has 23 heavy (non-hydrogen) atoms. The van der Waals surface area contributed by atoms with Crippen LogP contribution in [0, 0.1) is 0 Å². The van der Waals surface area contributed by atoms with E-state index in [9.17, 15) is 4.79 Å². The molecule has 3 aromatic rings. The van der Waals surface area contributed by atoms with Gasteiger partial charge in [0.15, 0.2) is 5.76 Å². The molecule has 0 amide bonds. The molecule has 1 heterocycles. The molecule has 2 aromatic carbocycles. The van der Waals surface area contributed by atoms with Crippen LogP contribution in [0.4, 0.5) is 5.69 Å². The third-order valence-electron chi connectivity index (χ3n) is 3.54. The summed E-state index contributed by atoms with van der Waals surface area (Å²) in [6.07, 6.45) is 0. The van der Waals surface area contributed by atoms with Crippen molar-refractivity contribution in [1.29, 1.82) is 0 Å². The largest absolute Gasteiger partial charge is 0.455 e. The molecule has 2 N–H and O–H groups in total. The third kappa shape index (κ3) is 3.49. The maximum atomic E-state index is 12.6. The summed E-state index contributed by atoms with van der Waals surface area (Å²) in [7, 11) is 0. The normalized spacial score (nSPS) is 10.5. The first-order chi connectivity index (χ1) is 11.3. The summed E-state index contributed by atoms with van der Waals surface area (Å²) in [5, 5.41) is 12.3. The van der Waals surface area contributed by atoms with Gasteiger partial charge in [0.05, 0.1) is 0 Å². The number of para-hydroxylation sites is 1. The lowest BCUT2D eigenvalue weighted by Crippen LogP contribution is -2.07. The summed E-state index contributed by atoms with van der Waals surface area (Å²) < 4.78 is 5.34. The number of furan rings is 1. The van der Waals surface area contributed by atoms with Crippen LogP contribution in [0.5, 0.6) is 0 Å². The molecule has 0 aliphatic rings. The average molecular weight is 307 g/mol. The fraction of sp³-hybridized carbons (Fsp3) is 0.105. The van der Waals surface area contributed by atoms with Gasteiger partial charge in [0.2, 0.25) is 5.78 Å². The molecule has 0 unspecified atom stereocenters. The minimum Gasteiger partial charge on any atom is -0.455 e. The summed E-state index contributed by atoms with van der Waals surface area (Å²) >= 11 is 0. The molecule has 0 atom stereocenters. The molecule has 4 heteroatoms. The van der Waals surface area contributed by atoms with Crippen molar-refractivity contribution in [1.82, 2.24) is 0 Å². The van der Waals surface area contributed by atoms with Crippen LogP contribution in [0.25, 0.3) is 0 Å². The van der Waals surface area contributed by atoms with Crippen LogP contribution in [-0.2, 0) is 13.2 Å². The molecular formula is C19H17NO3. The van der Waals surface area contributed by atoms with Crippen molar-refractivity contribution < 1.29 is 14.3 Å². The Morgan fingerprint density at radius 3 is 2.43 bits per heavy atom. The van der Waals surface area contributed by atoms with Crippen LogP contribution in [0.1, 0.15) is 27.4 Å². The van der Waals surface area contributed by atoms with Gasteiger partial charge in [-0.1, -0.05) is 42.5 Å². The number of aliphatic hydroxyl groups excluding tert-OH is 1. The number of anilines is 1. The molecule has 116 valence electrons. The lowest BCUT2D eigenvalue weighted by molar-refractivity contribution is 0.100. The molecule has 4 nitrogen and oxygen atoms in total. The SMILES string of the molecule is O=C(c1ccc(CO)o1)c1ccccc1NCc1ccccc1. The Bertz CT molecular complexity index is 793. The van der Waals surface area contributed by atoms with E-state index in [1.807, 2.05) is 48.5 Å². The van der Waals surface area contributed by atoms with Crippen molar-refractivity contribution >= 4 is 11.5 Å². The molecule has 0 saturated heterocycles. The number of hydrogen-bond acceptors (Lipinski definition) is 4. The van der Waals surface area contributed by atoms with Gasteiger partial charge in [0.25, 0.3) is 0 Å². The molecule has 0 aliphatic heterocycles. The molecule has 0 saturated carbocycles. The highest BCUT2D eigenvalue weighted by Gasteiger charge is 2.16. The zero-order chi connectivity index (χ0) is 16.1. The molecule has 0 fully saturated rings. The van der Waals surface area contributed by atoms with E-state index in [-0.39, 0.29) is 18.2 Å². The van der Waals surface area contributed by atoms with Crippen molar-refractivity contribution in [2.45, 2.75) is 13.2 Å². The van der Waals surface area contributed by atoms with Gasteiger partial charge in [-0.15, -0.1) is 0 Å². The maximum absolute atomic E-state index is 12.6. The zero-order valence-electron chi connectivity index (χ0n) is 12.5. The summed E-state index contributed by atoms with van der Waals surface area (Å²) in [4.78, 5) is 12.6. The monoisotopic (exact) mass is 307 g/mol. The molecule has 0 radical (unpaired) electrons. The van der Waals surface area contributed by atoms with Gasteiger partial charge in [-0.3, -0.25) is 4.79 Å². The first-order valence-corrected chi connectivity index (χ1v) is 7.39. The average Bonchev–Trinajstić information content (AvgIpc) is 3.10. The highest BCUT2D eigenvalue weighted by Crippen LogP contribution is 2.21. The van der Waals surface area contributed by atoms with Crippen LogP contribution < -0.4 is 5.32 Å². The topological polar surface area (TPSA) is 62.5 Å². The third-order valence-corrected chi connectivity index (χ3v) is 3.54. The second-order valence-electron chi connectivity index (χ2n) is 5.14. The highest BCUT2D eigenvalue weighted by atomic mass is 16.4. The number of hydrogen-bond donors (Lipinski definition) is 2. The predicted molar refractivity (Wildman–Crippen MR) is 88.3 cm³/mol. The fourth-order valence-electron chi connectivity index (χ4n) is 2.35. The van der Waals surface area contributed by atoms with Gasteiger partial charge in [-0.05, 0) is 29.8 Å². The van der Waals surface area contributed by atoms with Crippen molar-refractivity contribution in [3.8, 4) is 0 Å². The van der Waals surface area contributed by atoms with E-state index in [4.69, 9.17) is 9.52 Å². The van der Waals surface area contributed by atoms with Crippen molar-refractivity contribution in [3.05, 3.63) is 89.4 Å².